The van der Waals surface area contributed by atoms with Crippen LogP contribution in [0.4, 0.5) is 0 Å². The van der Waals surface area contributed by atoms with E-state index in [1.807, 2.05) is 6.92 Å². The van der Waals surface area contributed by atoms with Gasteiger partial charge in [-0.2, -0.15) is 0 Å². The van der Waals surface area contributed by atoms with E-state index in [1.165, 1.54) is 12.1 Å². The van der Waals surface area contributed by atoms with Crippen molar-refractivity contribution in [2.45, 2.75) is 26.2 Å². The fraction of sp³-hybridized carbons (Fsp3) is 0.222. The predicted molar refractivity (Wildman–Crippen MR) is 85.1 cm³/mol. The Balaban J connectivity index is 2.43. The molecule has 0 aromatic heterocycles. The van der Waals surface area contributed by atoms with E-state index in [4.69, 9.17) is 4.74 Å². The summed E-state index contributed by atoms with van der Waals surface area (Å²) in [6.45, 7) is 1.98. The molecule has 23 heavy (non-hydrogen) atoms. The maximum atomic E-state index is 12.2. The zero-order chi connectivity index (χ0) is 16.8. The molecule has 2 N–H and O–H groups in total. The zero-order valence-corrected chi connectivity index (χ0v) is 12.8. The van der Waals surface area contributed by atoms with E-state index < -0.39 is 11.9 Å². The maximum absolute atomic E-state index is 12.2. The van der Waals surface area contributed by atoms with Crippen LogP contribution in [0.15, 0.2) is 42.5 Å². The van der Waals surface area contributed by atoms with Gasteiger partial charge in [0, 0.05) is 5.56 Å². The highest BCUT2D eigenvalue weighted by Gasteiger charge is 2.22. The van der Waals surface area contributed by atoms with Crippen molar-refractivity contribution in [3.63, 3.8) is 0 Å². The van der Waals surface area contributed by atoms with Crippen molar-refractivity contribution in [2.24, 2.45) is 0 Å². The Hall–Kier alpha value is -2.82. The van der Waals surface area contributed by atoms with E-state index in [0.717, 1.165) is 12.8 Å². The molecule has 0 saturated carbocycles. The Morgan fingerprint density at radius 3 is 2.39 bits per heavy atom. The number of benzene rings is 2. The number of unbranched alkanes of at least 4 members (excludes halogenated alkanes) is 1. The number of carbonyl (C=O) groups is 2. The topological polar surface area (TPSA) is 83.8 Å². The van der Waals surface area contributed by atoms with E-state index >= 15 is 0 Å². The molecule has 0 radical (unpaired) electrons. The van der Waals surface area contributed by atoms with Crippen LogP contribution >= 0.6 is 0 Å². The number of carbonyl (C=O) groups excluding carboxylic acids is 1. The molecule has 0 aliphatic heterocycles. The third-order valence-corrected chi connectivity index (χ3v) is 3.45. The first-order chi connectivity index (χ1) is 11.0. The first-order valence-corrected chi connectivity index (χ1v) is 7.40. The average Bonchev–Trinajstić information content (AvgIpc) is 2.55. The minimum atomic E-state index is -1.21. The van der Waals surface area contributed by atoms with Gasteiger partial charge >= 0.3 is 11.9 Å². The number of carboxylic acid groups (broad SMARTS) is 1. The van der Waals surface area contributed by atoms with Gasteiger partial charge < -0.3 is 14.9 Å². The van der Waals surface area contributed by atoms with Crippen LogP contribution < -0.4 is 4.74 Å². The van der Waals surface area contributed by atoms with Crippen LogP contribution in [0.5, 0.6) is 11.5 Å². The first-order valence-electron chi connectivity index (χ1n) is 7.40. The summed E-state index contributed by atoms with van der Waals surface area (Å²) >= 11 is 0. The number of aromatic hydroxyl groups is 1. The maximum Gasteiger partial charge on any atom is 0.343 e. The smallest absolute Gasteiger partial charge is 0.343 e. The van der Waals surface area contributed by atoms with Crippen LogP contribution in [0, 0.1) is 0 Å². The molecule has 0 aliphatic carbocycles. The third kappa shape index (κ3) is 3.88. The second kappa shape index (κ2) is 7.45. The van der Waals surface area contributed by atoms with Gasteiger partial charge in [0.05, 0.1) is 5.56 Å². The number of hydrogen-bond acceptors (Lipinski definition) is 4. The van der Waals surface area contributed by atoms with E-state index in [1.54, 1.807) is 30.3 Å². The quantitative estimate of drug-likeness (QED) is 0.628. The molecule has 5 nitrogen and oxygen atoms in total. The van der Waals surface area contributed by atoms with E-state index in [-0.39, 0.29) is 17.1 Å². The number of esters is 1. The van der Waals surface area contributed by atoms with Crippen LogP contribution in [0.1, 0.15) is 46.0 Å². The summed E-state index contributed by atoms with van der Waals surface area (Å²) in [5.41, 5.74) is 0.517. The number of phenolic OH excluding ortho intramolecular Hbond substituents is 1. The van der Waals surface area contributed by atoms with Gasteiger partial charge in [-0.15, -0.1) is 0 Å². The SMILES string of the molecule is CCCCc1c(O)ccc(C(=O)O)c1OC(=O)c1ccccc1. The average molecular weight is 314 g/mol. The number of hydrogen-bond donors (Lipinski definition) is 2. The van der Waals surface area contributed by atoms with Crippen LogP contribution in [0.25, 0.3) is 0 Å². The summed E-state index contributed by atoms with van der Waals surface area (Å²) in [6, 6.07) is 10.9. The largest absolute Gasteiger partial charge is 0.508 e. The van der Waals surface area contributed by atoms with Crippen molar-refractivity contribution in [2.75, 3.05) is 0 Å². The van der Waals surface area contributed by atoms with E-state index in [9.17, 15) is 19.8 Å². The summed E-state index contributed by atoms with van der Waals surface area (Å²) in [6.07, 6.45) is 2.04. The van der Waals surface area contributed by atoms with Crippen molar-refractivity contribution in [3.8, 4) is 11.5 Å². The molecule has 2 rings (SSSR count). The molecule has 0 heterocycles. The number of rotatable bonds is 6. The van der Waals surface area contributed by atoms with Crippen molar-refractivity contribution >= 4 is 11.9 Å². The van der Waals surface area contributed by atoms with Crippen molar-refractivity contribution in [3.05, 3.63) is 59.2 Å². The molecule has 0 fully saturated rings. The molecule has 120 valence electrons. The van der Waals surface area contributed by atoms with Crippen LogP contribution in [0.3, 0.4) is 0 Å². The van der Waals surface area contributed by atoms with Crippen molar-refractivity contribution in [1.29, 1.82) is 0 Å². The van der Waals surface area contributed by atoms with Gasteiger partial charge in [-0.05, 0) is 37.1 Å². The first kappa shape index (κ1) is 16.5. The van der Waals surface area contributed by atoms with Crippen LogP contribution in [-0.2, 0) is 6.42 Å². The molecule has 2 aromatic rings. The number of ether oxygens (including phenoxy) is 1. The van der Waals surface area contributed by atoms with Crippen molar-refractivity contribution < 1.29 is 24.5 Å². The van der Waals surface area contributed by atoms with Crippen molar-refractivity contribution in [1.82, 2.24) is 0 Å². The molecule has 0 atom stereocenters. The molecular formula is C18H18O5. The third-order valence-electron chi connectivity index (χ3n) is 3.45. The molecule has 0 spiro atoms. The minimum Gasteiger partial charge on any atom is -0.508 e. The highest BCUT2D eigenvalue weighted by molar-refractivity contribution is 5.96. The van der Waals surface area contributed by atoms with Gasteiger partial charge in [0.2, 0.25) is 0 Å². The van der Waals surface area contributed by atoms with Crippen LogP contribution in [0.2, 0.25) is 0 Å². The fourth-order valence-electron chi connectivity index (χ4n) is 2.22. The highest BCUT2D eigenvalue weighted by atomic mass is 16.5. The Labute approximate surface area is 134 Å². The fourth-order valence-corrected chi connectivity index (χ4v) is 2.22. The molecular weight excluding hydrogens is 296 g/mol. The normalized spacial score (nSPS) is 10.3. The number of phenols is 1. The molecule has 0 amide bonds. The predicted octanol–water partition coefficient (Wildman–Crippen LogP) is 3.65. The molecule has 0 saturated heterocycles. The van der Waals surface area contributed by atoms with Gasteiger partial charge in [0.15, 0.2) is 5.75 Å². The Kier molecular flexibility index (Phi) is 5.36. The van der Waals surface area contributed by atoms with Gasteiger partial charge in [-0.3, -0.25) is 0 Å². The summed E-state index contributed by atoms with van der Waals surface area (Å²) in [5, 5.41) is 19.3. The highest BCUT2D eigenvalue weighted by Crippen LogP contribution is 2.33. The lowest BCUT2D eigenvalue weighted by Gasteiger charge is -2.14. The minimum absolute atomic E-state index is 0.0701. The Morgan fingerprint density at radius 1 is 1.09 bits per heavy atom. The summed E-state index contributed by atoms with van der Waals surface area (Å²) in [4.78, 5) is 23.6. The van der Waals surface area contributed by atoms with Gasteiger partial charge in [-0.25, -0.2) is 9.59 Å². The molecule has 0 bridgehead atoms. The lowest BCUT2D eigenvalue weighted by atomic mass is 10.0. The monoisotopic (exact) mass is 314 g/mol. The van der Waals surface area contributed by atoms with Gasteiger partial charge in [0.1, 0.15) is 11.3 Å². The second-order valence-corrected chi connectivity index (χ2v) is 5.10. The van der Waals surface area contributed by atoms with Gasteiger partial charge in [-0.1, -0.05) is 31.5 Å². The standard InChI is InChI=1S/C18H18O5/c1-2-3-9-13-15(19)11-10-14(17(20)21)16(13)23-18(22)12-7-5-4-6-8-12/h4-8,10-11,19H,2-3,9H2,1H3,(H,20,21). The summed E-state index contributed by atoms with van der Waals surface area (Å²) < 4.78 is 5.32. The van der Waals surface area contributed by atoms with Crippen LogP contribution in [-0.4, -0.2) is 22.2 Å². The molecule has 5 heteroatoms. The lowest BCUT2D eigenvalue weighted by Crippen LogP contribution is -2.13. The lowest BCUT2D eigenvalue weighted by molar-refractivity contribution is 0.0680. The Bertz CT molecular complexity index is 707. The number of carboxylic acids is 1. The van der Waals surface area contributed by atoms with E-state index in [2.05, 4.69) is 0 Å². The number of aromatic carboxylic acids is 1. The summed E-state index contributed by atoms with van der Waals surface area (Å²) in [7, 11) is 0. The summed E-state index contributed by atoms with van der Waals surface area (Å²) in [5.74, 6) is -2.02. The molecule has 0 aliphatic rings. The molecule has 2 aromatic carbocycles. The molecule has 0 unspecified atom stereocenters. The van der Waals surface area contributed by atoms with Gasteiger partial charge in [0.25, 0.3) is 0 Å². The van der Waals surface area contributed by atoms with E-state index in [0.29, 0.717) is 17.5 Å². The second-order valence-electron chi connectivity index (χ2n) is 5.10. The zero-order valence-electron chi connectivity index (χ0n) is 12.8. The Morgan fingerprint density at radius 2 is 1.78 bits per heavy atom.